The van der Waals surface area contributed by atoms with Gasteiger partial charge in [0.15, 0.2) is 5.84 Å². The fourth-order valence-electron chi connectivity index (χ4n) is 2.10. The zero-order valence-electron chi connectivity index (χ0n) is 11.7. The van der Waals surface area contributed by atoms with Crippen molar-refractivity contribution in [1.82, 2.24) is 9.88 Å². The SMILES string of the molecule is CN(Cc1cccnc1)Cc1cccc(/C(N)=N/O)c1F. The maximum absolute atomic E-state index is 14.3. The molecule has 0 aliphatic rings. The lowest BCUT2D eigenvalue weighted by Gasteiger charge is -2.17. The summed E-state index contributed by atoms with van der Waals surface area (Å²) in [4.78, 5) is 6.01. The van der Waals surface area contributed by atoms with Crippen LogP contribution in [0.4, 0.5) is 4.39 Å². The Balaban J connectivity index is 2.13. The summed E-state index contributed by atoms with van der Waals surface area (Å²) in [6.07, 6.45) is 3.49. The molecule has 6 heteroatoms. The first-order valence-corrected chi connectivity index (χ1v) is 6.44. The van der Waals surface area contributed by atoms with E-state index in [4.69, 9.17) is 10.9 Å². The van der Waals surface area contributed by atoms with Crippen LogP contribution in [0, 0.1) is 5.82 Å². The predicted octanol–water partition coefficient (Wildman–Crippen LogP) is 1.95. The van der Waals surface area contributed by atoms with E-state index in [-0.39, 0.29) is 11.4 Å². The summed E-state index contributed by atoms with van der Waals surface area (Å²) in [5.74, 6) is -0.699. The minimum Gasteiger partial charge on any atom is -0.409 e. The zero-order chi connectivity index (χ0) is 15.2. The zero-order valence-corrected chi connectivity index (χ0v) is 11.7. The smallest absolute Gasteiger partial charge is 0.173 e. The number of nitrogens with two attached hydrogens (primary N) is 1. The molecule has 110 valence electrons. The first-order chi connectivity index (χ1) is 10.1. The second-order valence-corrected chi connectivity index (χ2v) is 4.80. The van der Waals surface area contributed by atoms with Gasteiger partial charge in [-0.2, -0.15) is 0 Å². The van der Waals surface area contributed by atoms with Gasteiger partial charge in [-0.15, -0.1) is 0 Å². The third kappa shape index (κ3) is 3.76. The van der Waals surface area contributed by atoms with Gasteiger partial charge in [-0.25, -0.2) is 4.39 Å². The van der Waals surface area contributed by atoms with Crippen molar-refractivity contribution >= 4 is 5.84 Å². The Labute approximate surface area is 122 Å². The molecule has 0 bridgehead atoms. The van der Waals surface area contributed by atoms with Gasteiger partial charge in [-0.1, -0.05) is 23.4 Å². The summed E-state index contributed by atoms with van der Waals surface area (Å²) in [6.45, 7) is 1.06. The summed E-state index contributed by atoms with van der Waals surface area (Å²) in [5, 5.41) is 11.5. The number of aromatic nitrogens is 1. The maximum Gasteiger partial charge on any atom is 0.173 e. The third-order valence-electron chi connectivity index (χ3n) is 3.08. The molecule has 21 heavy (non-hydrogen) atoms. The molecule has 5 nitrogen and oxygen atoms in total. The molecule has 0 amide bonds. The van der Waals surface area contributed by atoms with Gasteiger partial charge in [0.1, 0.15) is 5.82 Å². The quantitative estimate of drug-likeness (QED) is 0.382. The summed E-state index contributed by atoms with van der Waals surface area (Å²) in [6, 6.07) is 8.68. The molecule has 0 fully saturated rings. The molecule has 0 spiro atoms. The van der Waals surface area contributed by atoms with Gasteiger partial charge < -0.3 is 10.9 Å². The Morgan fingerprint density at radius 1 is 1.33 bits per heavy atom. The van der Waals surface area contributed by atoms with Gasteiger partial charge in [-0.3, -0.25) is 9.88 Å². The fraction of sp³-hybridized carbons (Fsp3) is 0.200. The van der Waals surface area contributed by atoms with Gasteiger partial charge in [0.05, 0.1) is 5.56 Å². The lowest BCUT2D eigenvalue weighted by Crippen LogP contribution is -2.20. The van der Waals surface area contributed by atoms with Crippen LogP contribution in [-0.4, -0.2) is 28.0 Å². The van der Waals surface area contributed by atoms with Gasteiger partial charge in [-0.05, 0) is 24.7 Å². The van der Waals surface area contributed by atoms with Crippen LogP contribution in [0.15, 0.2) is 47.9 Å². The van der Waals surface area contributed by atoms with E-state index in [9.17, 15) is 4.39 Å². The number of hydrogen-bond donors (Lipinski definition) is 2. The van der Waals surface area contributed by atoms with Crippen LogP contribution in [0.1, 0.15) is 16.7 Å². The van der Waals surface area contributed by atoms with Gasteiger partial charge in [0.2, 0.25) is 0 Å². The number of pyridine rings is 1. The van der Waals surface area contributed by atoms with Crippen LogP contribution >= 0.6 is 0 Å². The number of hydrogen-bond acceptors (Lipinski definition) is 4. The van der Waals surface area contributed by atoms with Crippen molar-refractivity contribution in [3.63, 3.8) is 0 Å². The number of nitrogens with zero attached hydrogens (tertiary/aromatic N) is 3. The minimum absolute atomic E-state index is 0.102. The van der Waals surface area contributed by atoms with E-state index in [0.717, 1.165) is 5.56 Å². The number of amidine groups is 1. The van der Waals surface area contributed by atoms with Crippen LogP contribution in [-0.2, 0) is 13.1 Å². The van der Waals surface area contributed by atoms with Crippen LogP contribution in [0.5, 0.6) is 0 Å². The Morgan fingerprint density at radius 2 is 2.14 bits per heavy atom. The van der Waals surface area contributed by atoms with Crippen molar-refractivity contribution in [1.29, 1.82) is 0 Å². The normalized spacial score (nSPS) is 11.9. The van der Waals surface area contributed by atoms with E-state index in [0.29, 0.717) is 18.7 Å². The summed E-state index contributed by atoms with van der Waals surface area (Å²) in [7, 11) is 1.89. The average molecular weight is 288 g/mol. The predicted molar refractivity (Wildman–Crippen MR) is 78.3 cm³/mol. The second-order valence-electron chi connectivity index (χ2n) is 4.80. The summed E-state index contributed by atoms with van der Waals surface area (Å²) < 4.78 is 14.3. The second kappa shape index (κ2) is 6.81. The average Bonchev–Trinajstić information content (AvgIpc) is 2.49. The van der Waals surface area contributed by atoms with Crippen LogP contribution in [0.25, 0.3) is 0 Å². The molecule has 0 aliphatic heterocycles. The molecule has 1 aromatic carbocycles. The molecule has 1 aromatic heterocycles. The Bertz CT molecular complexity index is 631. The molecule has 0 saturated heterocycles. The molecule has 0 unspecified atom stereocenters. The Kier molecular flexibility index (Phi) is 4.84. The highest BCUT2D eigenvalue weighted by Gasteiger charge is 2.13. The lowest BCUT2D eigenvalue weighted by molar-refractivity contribution is 0.312. The molecule has 3 N–H and O–H groups in total. The monoisotopic (exact) mass is 288 g/mol. The minimum atomic E-state index is -0.467. The van der Waals surface area contributed by atoms with E-state index in [1.54, 1.807) is 24.5 Å². The van der Waals surface area contributed by atoms with Crippen molar-refractivity contribution in [2.45, 2.75) is 13.1 Å². The number of benzene rings is 1. The van der Waals surface area contributed by atoms with Crippen molar-refractivity contribution in [2.75, 3.05) is 7.05 Å². The highest BCUT2D eigenvalue weighted by atomic mass is 19.1. The van der Waals surface area contributed by atoms with Crippen molar-refractivity contribution in [3.8, 4) is 0 Å². The summed E-state index contributed by atoms with van der Waals surface area (Å²) >= 11 is 0. The van der Waals surface area contributed by atoms with Crippen molar-refractivity contribution < 1.29 is 9.60 Å². The van der Waals surface area contributed by atoms with E-state index in [1.165, 1.54) is 6.07 Å². The number of rotatable bonds is 5. The number of halogens is 1. The standard InChI is InChI=1S/C15H17FN4O/c1-20(9-11-4-3-7-18-8-11)10-12-5-2-6-13(14(12)16)15(17)19-21/h2-8,21H,9-10H2,1H3,(H2,17,19). The third-order valence-corrected chi connectivity index (χ3v) is 3.08. The largest absolute Gasteiger partial charge is 0.409 e. The molecule has 0 atom stereocenters. The molecule has 0 aliphatic carbocycles. The molecule has 1 heterocycles. The Hall–Kier alpha value is -2.47. The van der Waals surface area contributed by atoms with E-state index < -0.39 is 5.82 Å². The molecular formula is C15H17FN4O. The highest BCUT2D eigenvalue weighted by molar-refractivity contribution is 5.97. The molecule has 2 aromatic rings. The number of oxime groups is 1. The van der Waals surface area contributed by atoms with Crippen molar-refractivity contribution in [2.24, 2.45) is 10.9 Å². The maximum atomic E-state index is 14.3. The van der Waals surface area contributed by atoms with E-state index >= 15 is 0 Å². The first-order valence-electron chi connectivity index (χ1n) is 6.44. The fourth-order valence-corrected chi connectivity index (χ4v) is 2.10. The molecule has 0 saturated carbocycles. The topological polar surface area (TPSA) is 74.7 Å². The molecular weight excluding hydrogens is 271 g/mol. The molecule has 0 radical (unpaired) electrons. The van der Waals surface area contributed by atoms with Gasteiger partial charge >= 0.3 is 0 Å². The highest BCUT2D eigenvalue weighted by Crippen LogP contribution is 2.15. The van der Waals surface area contributed by atoms with Crippen LogP contribution in [0.3, 0.4) is 0 Å². The summed E-state index contributed by atoms with van der Waals surface area (Å²) in [5.41, 5.74) is 7.10. The Morgan fingerprint density at radius 3 is 2.81 bits per heavy atom. The van der Waals surface area contributed by atoms with E-state index in [2.05, 4.69) is 10.1 Å². The lowest BCUT2D eigenvalue weighted by atomic mass is 10.1. The van der Waals surface area contributed by atoms with Crippen molar-refractivity contribution in [3.05, 3.63) is 65.2 Å². The van der Waals surface area contributed by atoms with Gasteiger partial charge in [0, 0.05) is 31.0 Å². The van der Waals surface area contributed by atoms with Crippen LogP contribution in [0.2, 0.25) is 0 Å². The first kappa shape index (κ1) is 14.9. The molecule has 2 rings (SSSR count). The van der Waals surface area contributed by atoms with E-state index in [1.807, 2.05) is 24.1 Å². The van der Waals surface area contributed by atoms with Crippen LogP contribution < -0.4 is 5.73 Å². The van der Waals surface area contributed by atoms with Gasteiger partial charge in [0.25, 0.3) is 0 Å².